The second-order valence-corrected chi connectivity index (χ2v) is 10.2. The Morgan fingerprint density at radius 2 is 1.66 bits per heavy atom. The summed E-state index contributed by atoms with van der Waals surface area (Å²) >= 11 is 1.72. The number of benzene rings is 1. The zero-order chi connectivity index (χ0) is 23.3. The molecule has 0 saturated heterocycles. The predicted molar refractivity (Wildman–Crippen MR) is 135 cm³/mol. The van der Waals surface area contributed by atoms with Crippen LogP contribution in [0.25, 0.3) is 0 Å². The van der Waals surface area contributed by atoms with Gasteiger partial charge in [0.1, 0.15) is 0 Å². The fourth-order valence-corrected chi connectivity index (χ4v) is 4.58. The molecule has 1 aromatic heterocycles. The average Bonchev–Trinajstić information content (AvgIpc) is 3.20. The van der Waals surface area contributed by atoms with E-state index in [1.54, 1.807) is 16.2 Å². The molecular formula is C27H40N2O2S. The highest BCUT2D eigenvalue weighted by Crippen LogP contribution is 2.19. The van der Waals surface area contributed by atoms with Crippen LogP contribution in [0.1, 0.15) is 74.6 Å². The minimum atomic E-state index is 0.0186. The van der Waals surface area contributed by atoms with Crippen molar-refractivity contribution < 1.29 is 9.59 Å². The molecule has 176 valence electrons. The van der Waals surface area contributed by atoms with Crippen LogP contribution in [0.5, 0.6) is 0 Å². The van der Waals surface area contributed by atoms with Crippen molar-refractivity contribution in [3.63, 3.8) is 0 Å². The number of aryl methyl sites for hydroxylation is 1. The molecule has 1 atom stereocenters. The molecule has 0 aliphatic heterocycles. The van der Waals surface area contributed by atoms with Crippen LogP contribution in [0, 0.1) is 12.8 Å². The lowest BCUT2D eigenvalue weighted by Crippen LogP contribution is -2.44. The van der Waals surface area contributed by atoms with Crippen molar-refractivity contribution in [2.45, 2.75) is 79.3 Å². The Kier molecular flexibility index (Phi) is 11.5. The van der Waals surface area contributed by atoms with Gasteiger partial charge in [-0.25, -0.2) is 0 Å². The van der Waals surface area contributed by atoms with Crippen molar-refractivity contribution in [2.75, 3.05) is 13.1 Å². The minimum absolute atomic E-state index is 0.0186. The molecule has 2 aromatic rings. The molecule has 0 aliphatic carbocycles. The van der Waals surface area contributed by atoms with E-state index in [1.165, 1.54) is 9.75 Å². The van der Waals surface area contributed by atoms with Crippen LogP contribution in [0.3, 0.4) is 0 Å². The van der Waals surface area contributed by atoms with Crippen molar-refractivity contribution in [1.29, 1.82) is 0 Å². The molecule has 4 nitrogen and oxygen atoms in total. The van der Waals surface area contributed by atoms with E-state index in [9.17, 15) is 9.59 Å². The molecular weight excluding hydrogens is 416 g/mol. The van der Waals surface area contributed by atoms with Crippen LogP contribution in [0.2, 0.25) is 0 Å². The minimum Gasteiger partial charge on any atom is -0.333 e. The second-order valence-electron chi connectivity index (χ2n) is 8.85. The van der Waals surface area contributed by atoms with Gasteiger partial charge in [0.2, 0.25) is 11.8 Å². The summed E-state index contributed by atoms with van der Waals surface area (Å²) in [7, 11) is 0. The highest BCUT2D eigenvalue weighted by molar-refractivity contribution is 7.11. The summed E-state index contributed by atoms with van der Waals surface area (Å²) in [5.41, 5.74) is 1.11. The Morgan fingerprint density at radius 3 is 2.28 bits per heavy atom. The smallest absolute Gasteiger partial charge is 0.242 e. The second kappa shape index (κ2) is 14.1. The highest BCUT2D eigenvalue weighted by Gasteiger charge is 2.23. The standard InChI is InChI=1S/C27H40N2O2S/c1-5-7-8-12-15-26(30)28(18-22(3)6-2)21-27(31)29(19-24-13-10-9-11-14-24)20-25-17-16-23(4)32-25/h9-11,13-14,16-17,22H,5-8,12,15,18-21H2,1-4H3. The molecule has 5 heteroatoms. The van der Waals surface area contributed by atoms with Crippen molar-refractivity contribution in [1.82, 2.24) is 9.80 Å². The number of thiophene rings is 1. The van der Waals surface area contributed by atoms with Crippen LogP contribution in [-0.2, 0) is 22.7 Å². The van der Waals surface area contributed by atoms with Gasteiger partial charge in [0.05, 0.1) is 13.1 Å². The fourth-order valence-electron chi connectivity index (χ4n) is 3.68. The molecule has 32 heavy (non-hydrogen) atoms. The Hall–Kier alpha value is -2.14. The molecule has 1 aromatic carbocycles. The van der Waals surface area contributed by atoms with Gasteiger partial charge in [-0.05, 0) is 37.0 Å². The largest absolute Gasteiger partial charge is 0.333 e. The Labute approximate surface area is 198 Å². The highest BCUT2D eigenvalue weighted by atomic mass is 32.1. The van der Waals surface area contributed by atoms with Gasteiger partial charge in [-0.15, -0.1) is 11.3 Å². The summed E-state index contributed by atoms with van der Waals surface area (Å²) in [6.07, 6.45) is 5.82. The van der Waals surface area contributed by atoms with Gasteiger partial charge in [-0.2, -0.15) is 0 Å². The van der Waals surface area contributed by atoms with E-state index in [4.69, 9.17) is 0 Å². The maximum Gasteiger partial charge on any atom is 0.242 e. The third kappa shape index (κ3) is 9.15. The summed E-state index contributed by atoms with van der Waals surface area (Å²) < 4.78 is 0. The third-order valence-corrected chi connectivity index (χ3v) is 6.85. The van der Waals surface area contributed by atoms with Gasteiger partial charge in [-0.3, -0.25) is 9.59 Å². The molecule has 0 bridgehead atoms. The van der Waals surface area contributed by atoms with Crippen LogP contribution in [0.15, 0.2) is 42.5 Å². The van der Waals surface area contributed by atoms with Crippen LogP contribution in [0.4, 0.5) is 0 Å². The van der Waals surface area contributed by atoms with Crippen LogP contribution in [-0.4, -0.2) is 34.7 Å². The zero-order valence-electron chi connectivity index (χ0n) is 20.3. The Morgan fingerprint density at radius 1 is 0.906 bits per heavy atom. The number of unbranched alkanes of at least 4 members (excludes halogenated alkanes) is 3. The van der Waals surface area contributed by atoms with Crippen molar-refractivity contribution >= 4 is 23.2 Å². The molecule has 0 radical (unpaired) electrons. The number of carbonyl (C=O) groups is 2. The monoisotopic (exact) mass is 456 g/mol. The molecule has 0 saturated carbocycles. The Bertz CT molecular complexity index is 818. The molecule has 1 unspecified atom stereocenters. The number of amides is 2. The normalized spacial score (nSPS) is 11.9. The lowest BCUT2D eigenvalue weighted by molar-refractivity contribution is -0.141. The molecule has 0 aliphatic rings. The number of hydrogen-bond acceptors (Lipinski definition) is 3. The maximum absolute atomic E-state index is 13.5. The molecule has 2 rings (SSSR count). The molecule has 0 fully saturated rings. The fraction of sp³-hybridized carbons (Fsp3) is 0.556. The zero-order valence-corrected chi connectivity index (χ0v) is 21.1. The van der Waals surface area contributed by atoms with E-state index in [2.05, 4.69) is 52.0 Å². The van der Waals surface area contributed by atoms with E-state index < -0.39 is 0 Å². The summed E-state index contributed by atoms with van der Waals surface area (Å²) in [5, 5.41) is 0. The van der Waals surface area contributed by atoms with Gasteiger partial charge in [0.15, 0.2) is 0 Å². The summed E-state index contributed by atoms with van der Waals surface area (Å²) in [6, 6.07) is 14.3. The van der Waals surface area contributed by atoms with Crippen LogP contribution >= 0.6 is 11.3 Å². The lowest BCUT2D eigenvalue weighted by Gasteiger charge is -2.29. The van der Waals surface area contributed by atoms with Crippen molar-refractivity contribution in [2.24, 2.45) is 5.92 Å². The van der Waals surface area contributed by atoms with Gasteiger partial charge >= 0.3 is 0 Å². The van der Waals surface area contributed by atoms with E-state index >= 15 is 0 Å². The SMILES string of the molecule is CCCCCCC(=O)N(CC(=O)N(Cc1ccccc1)Cc1ccc(C)s1)CC(C)CC. The first-order chi connectivity index (χ1) is 15.4. The van der Waals surface area contributed by atoms with Crippen molar-refractivity contribution in [3.8, 4) is 0 Å². The summed E-state index contributed by atoms with van der Waals surface area (Å²) in [5.74, 6) is 0.511. The van der Waals surface area contributed by atoms with Gasteiger partial charge in [-0.1, -0.05) is 76.8 Å². The number of hydrogen-bond donors (Lipinski definition) is 0. The van der Waals surface area contributed by atoms with E-state index in [0.717, 1.165) is 37.7 Å². The topological polar surface area (TPSA) is 40.6 Å². The maximum atomic E-state index is 13.5. The quantitative estimate of drug-likeness (QED) is 0.307. The summed E-state index contributed by atoms with van der Waals surface area (Å²) in [6.45, 7) is 10.5. The molecule has 2 amide bonds. The first-order valence-electron chi connectivity index (χ1n) is 12.1. The molecule has 1 heterocycles. The predicted octanol–water partition coefficient (Wildman–Crippen LogP) is 6.43. The number of carbonyl (C=O) groups excluding carboxylic acids is 2. The molecule has 0 spiro atoms. The summed E-state index contributed by atoms with van der Waals surface area (Å²) in [4.78, 5) is 32.6. The van der Waals surface area contributed by atoms with E-state index in [1.807, 2.05) is 23.1 Å². The number of nitrogens with zero attached hydrogens (tertiary/aromatic N) is 2. The van der Waals surface area contributed by atoms with Gasteiger partial charge < -0.3 is 9.80 Å². The van der Waals surface area contributed by atoms with Gasteiger partial charge in [0, 0.05) is 29.3 Å². The first kappa shape index (κ1) is 26.1. The van der Waals surface area contributed by atoms with Gasteiger partial charge in [0.25, 0.3) is 0 Å². The third-order valence-electron chi connectivity index (χ3n) is 5.86. The lowest BCUT2D eigenvalue weighted by atomic mass is 10.1. The first-order valence-corrected chi connectivity index (χ1v) is 12.9. The Balaban J connectivity index is 2.12. The van der Waals surface area contributed by atoms with Crippen LogP contribution < -0.4 is 0 Å². The number of rotatable bonds is 14. The van der Waals surface area contributed by atoms with E-state index in [-0.39, 0.29) is 18.4 Å². The average molecular weight is 457 g/mol. The van der Waals surface area contributed by atoms with Crippen molar-refractivity contribution in [3.05, 3.63) is 57.8 Å². The molecule has 0 N–H and O–H groups in total. The van der Waals surface area contributed by atoms with E-state index in [0.29, 0.717) is 32.0 Å².